The largest absolute Gasteiger partial charge is 0.417 e. The Kier molecular flexibility index (Phi) is 9.49. The van der Waals surface area contributed by atoms with Crippen molar-refractivity contribution in [3.05, 3.63) is 180 Å². The summed E-state index contributed by atoms with van der Waals surface area (Å²) < 4.78 is 129. The fraction of sp³-hybridized carbons (Fsp3) is 0.0625. The van der Waals surface area contributed by atoms with E-state index in [0.29, 0.717) is 62.3 Å². The second kappa shape index (κ2) is 14.8. The average Bonchev–Trinajstić information content (AvgIpc) is 3.59. The van der Waals surface area contributed by atoms with Gasteiger partial charge in [-0.1, -0.05) is 115 Å². The number of aromatic nitrogens is 4. The number of benzene rings is 7. The molecule has 0 bridgehead atoms. The summed E-state index contributed by atoms with van der Waals surface area (Å²) in [6.07, 6.45) is -14.9. The van der Waals surface area contributed by atoms with Gasteiger partial charge in [0.2, 0.25) is 0 Å². The van der Waals surface area contributed by atoms with E-state index < -0.39 is 35.2 Å². The van der Waals surface area contributed by atoms with Gasteiger partial charge in [0, 0.05) is 27.5 Å². The number of hydrogen-bond acceptors (Lipinski definition) is 3. The van der Waals surface area contributed by atoms with Crippen LogP contribution < -0.4 is 0 Å². The number of alkyl halides is 9. The number of fused-ring (bicyclic) bond motifs is 3. The van der Waals surface area contributed by atoms with Crippen LogP contribution in [-0.4, -0.2) is 19.5 Å². The van der Waals surface area contributed by atoms with Crippen LogP contribution in [0.4, 0.5) is 39.5 Å². The van der Waals surface area contributed by atoms with Crippen molar-refractivity contribution in [2.75, 3.05) is 0 Å². The van der Waals surface area contributed by atoms with Crippen LogP contribution in [0.15, 0.2) is 164 Å². The van der Waals surface area contributed by atoms with Crippen LogP contribution in [-0.2, 0) is 18.5 Å². The van der Waals surface area contributed by atoms with E-state index in [-0.39, 0.29) is 39.8 Å². The van der Waals surface area contributed by atoms with Crippen molar-refractivity contribution in [3.63, 3.8) is 0 Å². The molecule has 2 heterocycles. The maximum Gasteiger partial charge on any atom is 0.417 e. The molecule has 0 saturated carbocycles. The Bertz CT molecular complexity index is 3010. The Morgan fingerprint density at radius 1 is 0.344 bits per heavy atom. The Morgan fingerprint density at radius 3 is 1.48 bits per heavy atom. The average molecular weight is 831 g/mol. The molecule has 0 aliphatic carbocycles. The molecule has 0 unspecified atom stereocenters. The van der Waals surface area contributed by atoms with Gasteiger partial charge in [0.05, 0.1) is 33.4 Å². The Balaban J connectivity index is 1.37. The van der Waals surface area contributed by atoms with Gasteiger partial charge in [0.1, 0.15) is 0 Å². The van der Waals surface area contributed by atoms with E-state index in [1.807, 2.05) is 60.7 Å². The minimum Gasteiger partial charge on any atom is -0.308 e. The molecule has 61 heavy (non-hydrogen) atoms. The molecular weight excluding hydrogens is 804 g/mol. The van der Waals surface area contributed by atoms with Crippen molar-refractivity contribution in [1.29, 1.82) is 0 Å². The molecule has 9 rings (SSSR count). The third-order valence-corrected chi connectivity index (χ3v) is 10.3. The molecule has 0 amide bonds. The molecule has 2 aromatic heterocycles. The lowest BCUT2D eigenvalue weighted by Crippen LogP contribution is -2.11. The van der Waals surface area contributed by atoms with Gasteiger partial charge in [-0.3, -0.25) is 0 Å². The first kappa shape index (κ1) is 39.2. The zero-order valence-corrected chi connectivity index (χ0v) is 31.3. The molecule has 0 aliphatic rings. The molecule has 0 fully saturated rings. The van der Waals surface area contributed by atoms with Gasteiger partial charge in [-0.15, -0.1) is 0 Å². The van der Waals surface area contributed by atoms with Crippen molar-refractivity contribution in [2.45, 2.75) is 18.5 Å². The number of rotatable bonds is 6. The van der Waals surface area contributed by atoms with Crippen LogP contribution in [0.1, 0.15) is 16.7 Å². The van der Waals surface area contributed by atoms with Crippen LogP contribution in [0.25, 0.3) is 83.9 Å². The Hall–Kier alpha value is -7.28. The van der Waals surface area contributed by atoms with Crippen molar-refractivity contribution in [2.24, 2.45) is 0 Å². The summed E-state index contributed by atoms with van der Waals surface area (Å²) in [5.74, 6) is 0.751. The molecule has 4 nitrogen and oxygen atoms in total. The van der Waals surface area contributed by atoms with Gasteiger partial charge in [0.15, 0.2) is 17.5 Å². The van der Waals surface area contributed by atoms with E-state index in [9.17, 15) is 39.5 Å². The van der Waals surface area contributed by atoms with Crippen molar-refractivity contribution in [1.82, 2.24) is 19.5 Å². The zero-order chi connectivity index (χ0) is 42.7. The minimum absolute atomic E-state index is 0.0335. The summed E-state index contributed by atoms with van der Waals surface area (Å²) in [4.78, 5) is 14.6. The maximum absolute atomic E-state index is 14.5. The van der Waals surface area contributed by atoms with Gasteiger partial charge in [-0.05, 0) is 70.8 Å². The van der Waals surface area contributed by atoms with E-state index in [0.717, 1.165) is 6.07 Å². The van der Waals surface area contributed by atoms with Crippen LogP contribution in [0.3, 0.4) is 0 Å². The van der Waals surface area contributed by atoms with E-state index in [1.165, 1.54) is 36.4 Å². The molecule has 9 aromatic rings. The van der Waals surface area contributed by atoms with Gasteiger partial charge >= 0.3 is 18.5 Å². The van der Waals surface area contributed by atoms with E-state index >= 15 is 0 Å². The van der Waals surface area contributed by atoms with Gasteiger partial charge in [-0.2, -0.15) is 39.5 Å². The molecule has 0 saturated heterocycles. The highest BCUT2D eigenvalue weighted by atomic mass is 19.4. The van der Waals surface area contributed by atoms with Crippen molar-refractivity contribution >= 4 is 21.8 Å². The maximum atomic E-state index is 14.5. The molecular formula is C48H27F9N4. The standard InChI is InChI=1S/C48H27F9N4/c49-46(50,51)33-23-32(24-34(27-33)47(52,53)54)30-19-21-37-36-16-8-10-18-40(36)61(41(37)25-30)42-26-31(35-15-7-9-17-39(35)48(55,56)57)20-22-38(42)45-59-43(28-11-3-1-4-12-28)58-44(60-45)29-13-5-2-6-14-29/h1-27H. The first-order valence-electron chi connectivity index (χ1n) is 18.6. The number of halogens is 9. The molecule has 13 heteroatoms. The summed E-state index contributed by atoms with van der Waals surface area (Å²) >= 11 is 0. The summed E-state index contributed by atoms with van der Waals surface area (Å²) in [5.41, 5.74) is -1.30. The third kappa shape index (κ3) is 7.47. The van der Waals surface area contributed by atoms with Crippen LogP contribution in [0.2, 0.25) is 0 Å². The summed E-state index contributed by atoms with van der Waals surface area (Å²) in [6, 6.07) is 41.0. The first-order valence-corrected chi connectivity index (χ1v) is 18.6. The lowest BCUT2D eigenvalue weighted by atomic mass is 9.96. The number of nitrogens with zero attached hydrogens (tertiary/aromatic N) is 4. The lowest BCUT2D eigenvalue weighted by Gasteiger charge is -2.18. The van der Waals surface area contributed by atoms with Crippen LogP contribution in [0.5, 0.6) is 0 Å². The zero-order valence-electron chi connectivity index (χ0n) is 31.3. The quantitative estimate of drug-likeness (QED) is 0.157. The van der Waals surface area contributed by atoms with Crippen molar-refractivity contribution in [3.8, 4) is 62.1 Å². The second-order valence-electron chi connectivity index (χ2n) is 14.2. The predicted octanol–water partition coefficient (Wildman–Crippen LogP) is 14.4. The summed E-state index contributed by atoms with van der Waals surface area (Å²) in [7, 11) is 0. The fourth-order valence-electron chi connectivity index (χ4n) is 7.52. The molecule has 0 atom stereocenters. The topological polar surface area (TPSA) is 43.6 Å². The smallest absolute Gasteiger partial charge is 0.308 e. The summed E-state index contributed by atoms with van der Waals surface area (Å²) in [6.45, 7) is 0. The first-order chi connectivity index (χ1) is 29.1. The molecule has 7 aromatic carbocycles. The highest BCUT2D eigenvalue weighted by molar-refractivity contribution is 6.11. The molecule has 0 aliphatic heterocycles. The van der Waals surface area contributed by atoms with Gasteiger partial charge < -0.3 is 4.57 Å². The highest BCUT2D eigenvalue weighted by Gasteiger charge is 2.37. The molecule has 0 spiro atoms. The van der Waals surface area contributed by atoms with E-state index in [4.69, 9.17) is 15.0 Å². The highest BCUT2D eigenvalue weighted by Crippen LogP contribution is 2.44. The lowest BCUT2D eigenvalue weighted by molar-refractivity contribution is -0.143. The Morgan fingerprint density at radius 2 is 0.869 bits per heavy atom. The molecule has 0 N–H and O–H groups in total. The van der Waals surface area contributed by atoms with Gasteiger partial charge in [-0.25, -0.2) is 15.0 Å². The predicted molar refractivity (Wildman–Crippen MR) is 216 cm³/mol. The summed E-state index contributed by atoms with van der Waals surface area (Å²) in [5, 5.41) is 1.22. The second-order valence-corrected chi connectivity index (χ2v) is 14.2. The normalized spacial score (nSPS) is 12.3. The van der Waals surface area contributed by atoms with Crippen LogP contribution >= 0.6 is 0 Å². The van der Waals surface area contributed by atoms with Crippen LogP contribution in [0, 0.1) is 0 Å². The van der Waals surface area contributed by atoms with E-state index in [2.05, 4.69) is 0 Å². The number of para-hydroxylation sites is 1. The van der Waals surface area contributed by atoms with Gasteiger partial charge in [0.25, 0.3) is 0 Å². The third-order valence-electron chi connectivity index (χ3n) is 10.3. The fourth-order valence-corrected chi connectivity index (χ4v) is 7.52. The van der Waals surface area contributed by atoms with Crippen molar-refractivity contribution < 1.29 is 39.5 Å². The molecule has 302 valence electrons. The Labute approximate surface area is 341 Å². The monoisotopic (exact) mass is 830 g/mol. The minimum atomic E-state index is -5.08. The van der Waals surface area contributed by atoms with E-state index in [1.54, 1.807) is 47.0 Å². The SMILES string of the molecule is FC(F)(F)c1cc(-c2ccc3c4ccccc4n(-c4cc(-c5ccccc5C(F)(F)F)ccc4-c4nc(-c5ccccc5)nc(-c5ccccc5)n4)c3c2)cc(C(F)(F)F)c1. The molecule has 0 radical (unpaired) electrons. The number of hydrogen-bond donors (Lipinski definition) is 0.